The lowest BCUT2D eigenvalue weighted by Crippen LogP contribution is -2.29. The second-order valence-electron chi connectivity index (χ2n) is 10.4. The fourth-order valence-electron chi connectivity index (χ4n) is 6.17. The number of carbonyl (C=O) groups is 2. The number of esters is 1. The zero-order chi connectivity index (χ0) is 25.7. The Morgan fingerprint density at radius 2 is 2.03 bits per heavy atom. The molecule has 1 aliphatic heterocycles. The first-order chi connectivity index (χ1) is 17.9. The lowest BCUT2D eigenvalue weighted by molar-refractivity contribution is -0.128. The first kappa shape index (κ1) is 24.4. The zero-order valence-corrected chi connectivity index (χ0v) is 22.3. The van der Waals surface area contributed by atoms with Crippen LogP contribution in [-0.4, -0.2) is 21.4 Å². The molecule has 3 aromatic rings. The van der Waals surface area contributed by atoms with Gasteiger partial charge < -0.3 is 14.3 Å². The van der Waals surface area contributed by atoms with Crippen LogP contribution in [0.15, 0.2) is 34.7 Å². The lowest BCUT2D eigenvalue weighted by atomic mass is 9.95. The molecule has 6 rings (SSSR count). The summed E-state index contributed by atoms with van der Waals surface area (Å²) in [6.45, 7) is 2.15. The SMILES string of the molecule is CCCCCc1ccc2c(c1)C(=O)C(=c1ccc(=Cc3sc(=S)n(C4CC5CCC4C5)c3O)o1)C(=O)O2. The van der Waals surface area contributed by atoms with Gasteiger partial charge in [-0.1, -0.05) is 32.3 Å². The molecule has 3 aliphatic rings. The lowest BCUT2D eigenvalue weighted by Gasteiger charge is -2.23. The number of aryl methyl sites for hydroxylation is 1. The predicted octanol–water partition coefficient (Wildman–Crippen LogP) is 5.45. The standard InChI is InChI=1S/C29H29NO5S2/c1-2-3-4-5-16-7-10-22-20(13-16)26(31)25(28(33)35-22)23-11-9-19(34-23)15-24-27(32)30(29(36)37-24)21-14-17-6-8-18(21)12-17/h7,9-11,13,15,17-18,21,32H,2-6,8,12,14H2,1H3. The highest BCUT2D eigenvalue weighted by atomic mass is 32.1. The summed E-state index contributed by atoms with van der Waals surface area (Å²) in [4.78, 5) is 26.7. The van der Waals surface area contributed by atoms with Crippen LogP contribution in [0.5, 0.6) is 11.6 Å². The normalized spacial score (nSPS) is 24.6. The molecule has 2 aliphatic carbocycles. The number of ketones is 1. The van der Waals surface area contributed by atoms with E-state index in [0.717, 1.165) is 43.6 Å². The highest BCUT2D eigenvalue weighted by molar-refractivity contribution is 7.73. The second-order valence-corrected chi connectivity index (χ2v) is 12.1. The molecule has 0 spiro atoms. The second kappa shape index (κ2) is 9.72. The van der Waals surface area contributed by atoms with Gasteiger partial charge in [0.15, 0.2) is 9.53 Å². The molecule has 0 saturated heterocycles. The van der Waals surface area contributed by atoms with Gasteiger partial charge in [-0.05, 0) is 86.0 Å². The predicted molar refractivity (Wildman–Crippen MR) is 144 cm³/mol. The summed E-state index contributed by atoms with van der Waals surface area (Å²) in [7, 11) is 0. The van der Waals surface area contributed by atoms with Crippen molar-refractivity contribution in [3.63, 3.8) is 0 Å². The summed E-state index contributed by atoms with van der Waals surface area (Å²) in [5.41, 5.74) is 1.88. The van der Waals surface area contributed by atoms with Gasteiger partial charge in [0.2, 0.25) is 11.7 Å². The number of aromatic hydroxyl groups is 1. The van der Waals surface area contributed by atoms with Crippen molar-refractivity contribution >= 4 is 47.0 Å². The number of hydrogen-bond donors (Lipinski definition) is 1. The third-order valence-corrected chi connectivity index (χ3v) is 9.35. The average molecular weight is 536 g/mol. The van der Waals surface area contributed by atoms with Crippen LogP contribution in [0.4, 0.5) is 0 Å². The van der Waals surface area contributed by atoms with Crippen LogP contribution < -0.4 is 15.6 Å². The Kier molecular flexibility index (Phi) is 6.41. The van der Waals surface area contributed by atoms with E-state index in [1.807, 2.05) is 16.7 Å². The van der Waals surface area contributed by atoms with Crippen molar-refractivity contribution in [2.75, 3.05) is 0 Å². The first-order valence-electron chi connectivity index (χ1n) is 13.1. The number of Topliss-reactive ketones (excluding diaryl/α,β-unsaturated/α-hetero) is 1. The van der Waals surface area contributed by atoms with Crippen molar-refractivity contribution in [1.82, 2.24) is 4.57 Å². The molecule has 6 nitrogen and oxygen atoms in total. The molecule has 192 valence electrons. The average Bonchev–Trinajstić information content (AvgIpc) is 3.66. The van der Waals surface area contributed by atoms with E-state index in [1.54, 1.807) is 24.3 Å². The van der Waals surface area contributed by atoms with Gasteiger partial charge in [-0.15, -0.1) is 11.3 Å². The molecule has 2 bridgehead atoms. The van der Waals surface area contributed by atoms with Gasteiger partial charge in [-0.25, -0.2) is 4.79 Å². The largest absolute Gasteiger partial charge is 0.493 e. The molecule has 2 aromatic heterocycles. The van der Waals surface area contributed by atoms with Gasteiger partial charge in [-0.3, -0.25) is 9.36 Å². The number of fused-ring (bicyclic) bond motifs is 3. The van der Waals surface area contributed by atoms with Crippen LogP contribution in [0.3, 0.4) is 0 Å². The van der Waals surface area contributed by atoms with Gasteiger partial charge in [0.1, 0.15) is 16.6 Å². The molecule has 0 amide bonds. The van der Waals surface area contributed by atoms with Gasteiger partial charge in [-0.2, -0.15) is 0 Å². The number of rotatable bonds is 6. The van der Waals surface area contributed by atoms with E-state index in [0.29, 0.717) is 25.7 Å². The number of ether oxygens (including phenoxy) is 1. The van der Waals surface area contributed by atoms with Gasteiger partial charge in [0.25, 0.3) is 0 Å². The smallest absolute Gasteiger partial charge is 0.351 e. The van der Waals surface area contributed by atoms with Crippen LogP contribution in [0.2, 0.25) is 0 Å². The first-order valence-corrected chi connectivity index (χ1v) is 14.3. The Labute approximate surface area is 223 Å². The van der Waals surface area contributed by atoms with E-state index in [-0.39, 0.29) is 28.7 Å². The van der Waals surface area contributed by atoms with E-state index in [4.69, 9.17) is 21.4 Å². The minimum Gasteiger partial charge on any atom is -0.493 e. The molecule has 3 unspecified atom stereocenters. The van der Waals surface area contributed by atoms with E-state index in [1.165, 1.54) is 30.6 Å². The highest BCUT2D eigenvalue weighted by Crippen LogP contribution is 2.52. The van der Waals surface area contributed by atoms with Crippen molar-refractivity contribution in [3.05, 3.63) is 61.1 Å². The summed E-state index contributed by atoms with van der Waals surface area (Å²) >= 11 is 6.95. The zero-order valence-electron chi connectivity index (χ0n) is 20.7. The van der Waals surface area contributed by atoms with E-state index in [2.05, 4.69) is 6.92 Å². The summed E-state index contributed by atoms with van der Waals surface area (Å²) in [6, 6.07) is 8.96. The molecule has 1 aromatic carbocycles. The number of unbranched alkanes of at least 4 members (excludes halogenated alkanes) is 2. The summed E-state index contributed by atoms with van der Waals surface area (Å²) in [5, 5.41) is 11.0. The Hall–Kier alpha value is -2.97. The molecule has 8 heteroatoms. The van der Waals surface area contributed by atoms with Crippen LogP contribution in [0.25, 0.3) is 11.6 Å². The quantitative estimate of drug-likeness (QED) is 0.196. The third-order valence-electron chi connectivity index (χ3n) is 8.01. The molecular formula is C29H29NO5S2. The summed E-state index contributed by atoms with van der Waals surface area (Å²) in [5.74, 6) is 0.635. The third kappa shape index (κ3) is 4.40. The number of aromatic nitrogens is 1. The van der Waals surface area contributed by atoms with Crippen LogP contribution in [0.1, 0.15) is 78.7 Å². The van der Waals surface area contributed by atoms with Crippen LogP contribution in [-0.2, 0) is 11.2 Å². The van der Waals surface area contributed by atoms with Crippen molar-refractivity contribution in [1.29, 1.82) is 0 Å². The Balaban J connectivity index is 1.33. The maximum Gasteiger partial charge on any atom is 0.351 e. The van der Waals surface area contributed by atoms with Crippen molar-refractivity contribution < 1.29 is 23.8 Å². The number of hydrogen-bond acceptors (Lipinski definition) is 7. The molecule has 2 fully saturated rings. The van der Waals surface area contributed by atoms with Gasteiger partial charge in [0, 0.05) is 12.1 Å². The monoisotopic (exact) mass is 535 g/mol. The number of furan rings is 1. The Morgan fingerprint density at radius 3 is 2.78 bits per heavy atom. The minimum atomic E-state index is -0.724. The molecular weight excluding hydrogens is 506 g/mol. The molecule has 2 saturated carbocycles. The fraction of sp³-hybridized carbons (Fsp3) is 0.414. The van der Waals surface area contributed by atoms with Crippen molar-refractivity contribution in [2.45, 2.75) is 64.3 Å². The summed E-state index contributed by atoms with van der Waals surface area (Å²) < 4.78 is 13.9. The van der Waals surface area contributed by atoms with E-state index >= 15 is 0 Å². The summed E-state index contributed by atoms with van der Waals surface area (Å²) in [6.07, 6.45) is 10.6. The molecule has 3 atom stereocenters. The van der Waals surface area contributed by atoms with Crippen LogP contribution >= 0.6 is 23.6 Å². The molecule has 1 N–H and O–H groups in total. The van der Waals surface area contributed by atoms with E-state index in [9.17, 15) is 14.7 Å². The molecule has 0 radical (unpaired) electrons. The van der Waals surface area contributed by atoms with Crippen LogP contribution in [0, 0.1) is 15.8 Å². The number of benzene rings is 1. The number of carbonyl (C=O) groups excluding carboxylic acids is 2. The maximum atomic E-state index is 13.3. The van der Waals surface area contributed by atoms with Crippen molar-refractivity contribution in [3.8, 4) is 11.6 Å². The topological polar surface area (TPSA) is 81.7 Å². The number of thiazole rings is 1. The highest BCUT2D eigenvalue weighted by Gasteiger charge is 2.41. The Bertz CT molecular complexity index is 1580. The minimum absolute atomic E-state index is 0.116. The Morgan fingerprint density at radius 1 is 1.16 bits per heavy atom. The fourth-order valence-corrected chi connectivity index (χ4v) is 7.54. The van der Waals surface area contributed by atoms with Crippen molar-refractivity contribution in [2.24, 2.45) is 11.8 Å². The molecule has 37 heavy (non-hydrogen) atoms. The number of nitrogens with zero attached hydrogens (tertiary/aromatic N) is 1. The van der Waals surface area contributed by atoms with E-state index < -0.39 is 11.8 Å². The maximum absolute atomic E-state index is 13.3. The van der Waals surface area contributed by atoms with Gasteiger partial charge >= 0.3 is 5.97 Å². The van der Waals surface area contributed by atoms with Gasteiger partial charge in [0.05, 0.1) is 10.4 Å². The molecule has 3 heterocycles.